The van der Waals surface area contributed by atoms with E-state index in [4.69, 9.17) is 27.9 Å². The molecule has 316 valence electrons. The molecule has 4 aliphatic rings. The van der Waals surface area contributed by atoms with Gasteiger partial charge in [0.05, 0.1) is 23.2 Å². The highest BCUT2D eigenvalue weighted by Gasteiger charge is 2.68. The number of ether oxygens (including phenoxy) is 1. The summed E-state index contributed by atoms with van der Waals surface area (Å²) in [6.45, 7) is 21.9. The average Bonchev–Trinajstić information content (AvgIpc) is 3.46. The molecule has 1 aromatic rings. The highest BCUT2D eigenvalue weighted by atomic mass is 35.5. The molecule has 10 heteroatoms. The number of aliphatic carboxylic acids is 1. The third-order valence-electron chi connectivity index (χ3n) is 16.0. The summed E-state index contributed by atoms with van der Waals surface area (Å²) in [5, 5.41) is 14.5. The molecule has 0 spiro atoms. The molecular formula is C47H68Cl2N2O6. The molecule has 7 unspecified atom stereocenters. The van der Waals surface area contributed by atoms with Crippen LogP contribution in [-0.4, -0.2) is 53.8 Å². The Labute approximate surface area is 352 Å². The number of aldehydes is 1. The Morgan fingerprint density at radius 1 is 1.04 bits per heavy atom. The lowest BCUT2D eigenvalue weighted by Crippen LogP contribution is -2.62. The summed E-state index contributed by atoms with van der Waals surface area (Å²) in [6.07, 6.45) is 8.73. The third kappa shape index (κ3) is 7.73. The number of carbonyl (C=O) groups is 4. The SMILES string of the molecule is CCC(CCC1(C)C(C)CCC2(C)C1CCC1C3=C(C(C)C)C(=O)CC3(/C(=C(\Cl)C=O)N(CC)N(C)c3ccc(Cl)cc3)CC[C@]12C)OC(=O)CC(C)(C)C(=O)O. The molecule has 0 saturated heterocycles. The van der Waals surface area contributed by atoms with Gasteiger partial charge in [-0.3, -0.25) is 29.2 Å². The number of benzene rings is 1. The van der Waals surface area contributed by atoms with Crippen molar-refractivity contribution < 1.29 is 29.0 Å². The zero-order chi connectivity index (χ0) is 42.5. The van der Waals surface area contributed by atoms with E-state index in [1.807, 2.05) is 43.2 Å². The van der Waals surface area contributed by atoms with Gasteiger partial charge in [0.1, 0.15) is 11.1 Å². The molecule has 0 aromatic heterocycles. The van der Waals surface area contributed by atoms with Gasteiger partial charge in [0.15, 0.2) is 12.1 Å². The maximum Gasteiger partial charge on any atom is 0.309 e. The van der Waals surface area contributed by atoms with Crippen LogP contribution in [0.2, 0.25) is 5.02 Å². The lowest BCUT2D eigenvalue weighted by molar-refractivity contribution is -0.186. The number of hydrogen-bond donors (Lipinski definition) is 1. The summed E-state index contributed by atoms with van der Waals surface area (Å²) in [5.41, 5.74) is 1.72. The van der Waals surface area contributed by atoms with E-state index in [2.05, 4.69) is 53.5 Å². The van der Waals surface area contributed by atoms with E-state index in [9.17, 15) is 24.3 Å². The van der Waals surface area contributed by atoms with Crippen molar-refractivity contribution in [3.63, 3.8) is 0 Å². The van der Waals surface area contributed by atoms with Gasteiger partial charge in [-0.05, 0) is 154 Å². The number of carboxylic acid groups (broad SMARTS) is 1. The second-order valence-corrected chi connectivity index (χ2v) is 20.4. The first-order valence-corrected chi connectivity index (χ1v) is 22.2. The maximum absolute atomic E-state index is 14.5. The van der Waals surface area contributed by atoms with Crippen molar-refractivity contribution in [2.24, 2.45) is 50.7 Å². The zero-order valence-corrected chi connectivity index (χ0v) is 37.9. The van der Waals surface area contributed by atoms with Crippen LogP contribution in [0.15, 0.2) is 46.1 Å². The highest BCUT2D eigenvalue weighted by Crippen LogP contribution is 2.76. The topological polar surface area (TPSA) is 104 Å². The Hall–Kier alpha value is -2.84. The fraction of sp³-hybridized carbons (Fsp3) is 0.702. The predicted octanol–water partition coefficient (Wildman–Crippen LogP) is 11.4. The summed E-state index contributed by atoms with van der Waals surface area (Å²) in [5.74, 6) is -0.245. The van der Waals surface area contributed by atoms with Crippen molar-refractivity contribution in [2.45, 2.75) is 146 Å². The largest absolute Gasteiger partial charge is 0.481 e. The smallest absolute Gasteiger partial charge is 0.309 e. The van der Waals surface area contributed by atoms with Crippen LogP contribution >= 0.6 is 23.2 Å². The van der Waals surface area contributed by atoms with Crippen molar-refractivity contribution in [3.8, 4) is 0 Å². The Kier molecular flexibility index (Phi) is 13.2. The number of anilines is 1. The number of Topliss-reactive ketones (excluding diaryl/α,β-unsaturated/α-hetero) is 1. The normalized spacial score (nSPS) is 32.2. The standard InChI is InChI=1S/C47H68Cl2N2O6/c1-12-33(57-38(54)27-43(6,7)42(55)56)21-22-44(8)30(5)20-23-46(10)37(44)19-18-34-40-39(29(3)4)36(53)26-47(40,25-24-45(34,46)9)41(35(49)28-52)51(13-2)50(11)32-16-14-31(48)15-17-32/h14-17,28-30,33-34,37H,12-13,18-27H2,1-11H3,(H,55,56)/b41-35+/t30?,33?,34?,37?,44?,45-,46?,47?/m1/s1. The van der Waals surface area contributed by atoms with E-state index in [1.165, 1.54) is 5.57 Å². The van der Waals surface area contributed by atoms with Crippen LogP contribution in [0.25, 0.3) is 0 Å². The van der Waals surface area contributed by atoms with Gasteiger partial charge in [-0.25, -0.2) is 0 Å². The fourth-order valence-corrected chi connectivity index (χ4v) is 12.7. The minimum atomic E-state index is -1.18. The number of hydrogen-bond acceptors (Lipinski definition) is 7. The third-order valence-corrected chi connectivity index (χ3v) is 16.5. The van der Waals surface area contributed by atoms with Crippen LogP contribution in [0.5, 0.6) is 0 Å². The van der Waals surface area contributed by atoms with Gasteiger partial charge in [-0.1, -0.05) is 71.7 Å². The van der Waals surface area contributed by atoms with E-state index in [0.717, 1.165) is 74.6 Å². The second-order valence-electron chi connectivity index (χ2n) is 19.6. The van der Waals surface area contributed by atoms with Crippen molar-refractivity contribution in [3.05, 3.63) is 51.2 Å². The van der Waals surface area contributed by atoms with Crippen LogP contribution < -0.4 is 5.01 Å². The molecule has 3 saturated carbocycles. The van der Waals surface area contributed by atoms with Gasteiger partial charge in [0.2, 0.25) is 0 Å². The van der Waals surface area contributed by atoms with E-state index < -0.39 is 22.8 Å². The minimum Gasteiger partial charge on any atom is -0.481 e. The van der Waals surface area contributed by atoms with Crippen LogP contribution in [-0.2, 0) is 23.9 Å². The van der Waals surface area contributed by atoms with E-state index in [0.29, 0.717) is 36.2 Å². The Balaban J connectivity index is 1.53. The van der Waals surface area contributed by atoms with Crippen LogP contribution in [0.4, 0.5) is 5.69 Å². The monoisotopic (exact) mass is 826 g/mol. The van der Waals surface area contributed by atoms with Gasteiger partial charge in [0.25, 0.3) is 0 Å². The van der Waals surface area contributed by atoms with E-state index >= 15 is 0 Å². The molecule has 5 rings (SSSR count). The second kappa shape index (κ2) is 16.7. The zero-order valence-electron chi connectivity index (χ0n) is 36.4. The number of fused-ring (bicyclic) bond motifs is 5. The fourth-order valence-electron chi connectivity index (χ4n) is 12.3. The van der Waals surface area contributed by atoms with Crippen molar-refractivity contribution in [1.29, 1.82) is 0 Å². The molecule has 1 aromatic carbocycles. The molecular weight excluding hydrogens is 759 g/mol. The van der Waals surface area contributed by atoms with Crippen molar-refractivity contribution in [1.82, 2.24) is 5.01 Å². The van der Waals surface area contributed by atoms with Crippen LogP contribution in [0.1, 0.15) is 140 Å². The number of carbonyl (C=O) groups excluding carboxylic acids is 3. The minimum absolute atomic E-state index is 0.0113. The summed E-state index contributed by atoms with van der Waals surface area (Å²) in [6, 6.07) is 7.62. The number of hydrazine groups is 1. The number of rotatable bonds is 15. The lowest BCUT2D eigenvalue weighted by Gasteiger charge is -2.70. The van der Waals surface area contributed by atoms with Gasteiger partial charge in [-0.15, -0.1) is 0 Å². The molecule has 57 heavy (non-hydrogen) atoms. The molecule has 0 bridgehead atoms. The summed E-state index contributed by atoms with van der Waals surface area (Å²) in [4.78, 5) is 52.0. The molecule has 0 heterocycles. The number of allylic oxidation sites excluding steroid dienone is 3. The first-order chi connectivity index (χ1) is 26.6. The molecule has 0 radical (unpaired) electrons. The van der Waals surface area contributed by atoms with Crippen molar-refractivity contribution in [2.75, 3.05) is 18.6 Å². The van der Waals surface area contributed by atoms with Crippen molar-refractivity contribution >= 4 is 52.9 Å². The molecule has 3 fully saturated rings. The molecule has 8 nitrogen and oxygen atoms in total. The van der Waals surface area contributed by atoms with E-state index in [-0.39, 0.29) is 51.4 Å². The summed E-state index contributed by atoms with van der Waals surface area (Å²) >= 11 is 13.4. The van der Waals surface area contributed by atoms with Crippen LogP contribution in [0.3, 0.4) is 0 Å². The summed E-state index contributed by atoms with van der Waals surface area (Å²) < 4.78 is 5.96. The molecule has 8 atom stereocenters. The molecule has 1 N–H and O–H groups in total. The molecule has 0 aliphatic heterocycles. The number of halogens is 2. The average molecular weight is 828 g/mol. The van der Waals surface area contributed by atoms with Gasteiger partial charge in [-0.2, -0.15) is 0 Å². The highest BCUT2D eigenvalue weighted by molar-refractivity contribution is 6.39. The molecule has 0 amide bonds. The molecule has 4 aliphatic carbocycles. The summed E-state index contributed by atoms with van der Waals surface area (Å²) in [7, 11) is 1.98. The van der Waals surface area contributed by atoms with Gasteiger partial charge >= 0.3 is 11.9 Å². The quantitative estimate of drug-likeness (QED) is 0.0807. The van der Waals surface area contributed by atoms with E-state index in [1.54, 1.807) is 13.8 Å². The van der Waals surface area contributed by atoms with Crippen LogP contribution in [0, 0.1) is 50.7 Å². The predicted molar refractivity (Wildman–Crippen MR) is 229 cm³/mol. The van der Waals surface area contributed by atoms with Gasteiger partial charge < -0.3 is 9.84 Å². The first kappa shape index (κ1) is 45.2. The first-order valence-electron chi connectivity index (χ1n) is 21.4. The Bertz CT molecular complexity index is 1790. The maximum atomic E-state index is 14.5. The lowest BCUT2D eigenvalue weighted by atomic mass is 9.35. The number of nitrogens with zero attached hydrogens (tertiary/aromatic N) is 2. The Morgan fingerprint density at radius 2 is 1.68 bits per heavy atom. The van der Waals surface area contributed by atoms with Gasteiger partial charge in [0, 0.05) is 30.5 Å². The number of esters is 1. The Morgan fingerprint density at radius 3 is 2.25 bits per heavy atom. The number of ketones is 1. The number of carboxylic acids is 1.